The molecule has 0 aliphatic rings. The number of hydrogen-bond donors (Lipinski definition) is 0. The summed E-state index contributed by atoms with van der Waals surface area (Å²) in [5.74, 6) is 0. The van der Waals surface area contributed by atoms with Crippen LogP contribution >= 0.6 is 11.8 Å². The molecular weight excluding hydrogens is 147 g/mol. The highest BCUT2D eigenvalue weighted by molar-refractivity contribution is 8.05. The molecular formula is C8H13FS. The van der Waals surface area contributed by atoms with E-state index in [1.165, 1.54) is 17.3 Å². The SMILES string of the molecule is C=CSC(CCF)=C(C)C. The van der Waals surface area contributed by atoms with Gasteiger partial charge in [0.25, 0.3) is 0 Å². The van der Waals surface area contributed by atoms with E-state index in [0.717, 1.165) is 4.91 Å². The van der Waals surface area contributed by atoms with Gasteiger partial charge in [-0.05, 0) is 24.2 Å². The van der Waals surface area contributed by atoms with Gasteiger partial charge in [0.15, 0.2) is 0 Å². The van der Waals surface area contributed by atoms with E-state index >= 15 is 0 Å². The molecule has 58 valence electrons. The van der Waals surface area contributed by atoms with Crippen LogP contribution in [0.3, 0.4) is 0 Å². The zero-order chi connectivity index (χ0) is 7.98. The van der Waals surface area contributed by atoms with Gasteiger partial charge in [0.2, 0.25) is 0 Å². The van der Waals surface area contributed by atoms with Crippen LogP contribution in [-0.2, 0) is 0 Å². The number of thioether (sulfide) groups is 1. The summed E-state index contributed by atoms with van der Waals surface area (Å²) in [6.45, 7) is 7.27. The van der Waals surface area contributed by atoms with Crippen molar-refractivity contribution in [2.75, 3.05) is 6.67 Å². The molecule has 0 radical (unpaired) electrons. The van der Waals surface area contributed by atoms with Crippen LogP contribution in [0.25, 0.3) is 0 Å². The maximum atomic E-state index is 11.8. The largest absolute Gasteiger partial charge is 0.251 e. The lowest BCUT2D eigenvalue weighted by molar-refractivity contribution is 0.498. The van der Waals surface area contributed by atoms with Gasteiger partial charge in [-0.1, -0.05) is 12.2 Å². The standard InChI is InChI=1S/C8H13FS/c1-4-10-8(5-6-9)7(2)3/h4H,1,5-6H2,2-3H3. The molecule has 0 aliphatic carbocycles. The Balaban J connectivity index is 3.98. The topological polar surface area (TPSA) is 0 Å². The van der Waals surface area contributed by atoms with Crippen LogP contribution in [0.15, 0.2) is 22.5 Å². The van der Waals surface area contributed by atoms with Crippen LogP contribution in [0.4, 0.5) is 4.39 Å². The lowest BCUT2D eigenvalue weighted by Crippen LogP contribution is -1.81. The first-order chi connectivity index (χ1) is 4.72. The molecule has 0 bridgehead atoms. The Kier molecular flexibility index (Phi) is 5.40. The van der Waals surface area contributed by atoms with Crippen LogP contribution in [0.2, 0.25) is 0 Å². The first-order valence-electron chi connectivity index (χ1n) is 3.22. The van der Waals surface area contributed by atoms with Crippen LogP contribution in [0, 0.1) is 0 Å². The van der Waals surface area contributed by atoms with Crippen molar-refractivity contribution in [3.63, 3.8) is 0 Å². The van der Waals surface area contributed by atoms with Crippen molar-refractivity contribution in [3.05, 3.63) is 22.5 Å². The smallest absolute Gasteiger partial charge is 0.0939 e. The van der Waals surface area contributed by atoms with Crippen molar-refractivity contribution in [3.8, 4) is 0 Å². The molecule has 0 N–H and O–H groups in total. The van der Waals surface area contributed by atoms with E-state index in [2.05, 4.69) is 6.58 Å². The fourth-order valence-corrected chi connectivity index (χ4v) is 1.25. The normalized spacial score (nSPS) is 9.10. The number of alkyl halides is 1. The van der Waals surface area contributed by atoms with Crippen LogP contribution in [-0.4, -0.2) is 6.67 Å². The van der Waals surface area contributed by atoms with Gasteiger partial charge in [-0.15, -0.1) is 11.8 Å². The van der Waals surface area contributed by atoms with Gasteiger partial charge in [0.05, 0.1) is 6.67 Å². The zero-order valence-electron chi connectivity index (χ0n) is 6.48. The van der Waals surface area contributed by atoms with Gasteiger partial charge in [0, 0.05) is 6.42 Å². The monoisotopic (exact) mass is 160 g/mol. The van der Waals surface area contributed by atoms with Gasteiger partial charge >= 0.3 is 0 Å². The van der Waals surface area contributed by atoms with Gasteiger partial charge in [-0.2, -0.15) is 0 Å². The molecule has 0 saturated carbocycles. The minimum atomic E-state index is -0.276. The van der Waals surface area contributed by atoms with Gasteiger partial charge in [-0.25, -0.2) is 0 Å². The van der Waals surface area contributed by atoms with E-state index in [9.17, 15) is 4.39 Å². The number of allylic oxidation sites excluding steroid dienone is 2. The molecule has 0 aliphatic heterocycles. The lowest BCUT2D eigenvalue weighted by Gasteiger charge is -2.02. The van der Waals surface area contributed by atoms with Gasteiger partial charge < -0.3 is 0 Å². The van der Waals surface area contributed by atoms with Crippen molar-refractivity contribution < 1.29 is 4.39 Å². The van der Waals surface area contributed by atoms with Crippen molar-refractivity contribution in [1.29, 1.82) is 0 Å². The van der Waals surface area contributed by atoms with Gasteiger partial charge in [-0.3, -0.25) is 4.39 Å². The highest BCUT2D eigenvalue weighted by Crippen LogP contribution is 2.23. The molecule has 0 aromatic rings. The number of halogens is 1. The summed E-state index contributed by atoms with van der Waals surface area (Å²) in [5.41, 5.74) is 1.18. The van der Waals surface area contributed by atoms with Crippen molar-refractivity contribution >= 4 is 11.8 Å². The molecule has 0 atom stereocenters. The molecule has 0 heterocycles. The van der Waals surface area contributed by atoms with E-state index in [1.54, 1.807) is 5.41 Å². The summed E-state index contributed by atoms with van der Waals surface area (Å²) >= 11 is 1.51. The third-order valence-electron chi connectivity index (χ3n) is 1.10. The average molecular weight is 160 g/mol. The van der Waals surface area contributed by atoms with E-state index in [-0.39, 0.29) is 6.67 Å². The minimum Gasteiger partial charge on any atom is -0.251 e. The predicted octanol–water partition coefficient (Wildman–Crippen LogP) is 3.52. The Bertz CT molecular complexity index is 134. The lowest BCUT2D eigenvalue weighted by atomic mass is 10.3. The predicted molar refractivity (Wildman–Crippen MR) is 46.8 cm³/mol. The van der Waals surface area contributed by atoms with E-state index in [0.29, 0.717) is 6.42 Å². The zero-order valence-corrected chi connectivity index (χ0v) is 7.30. The van der Waals surface area contributed by atoms with Crippen LogP contribution < -0.4 is 0 Å². The number of rotatable bonds is 4. The molecule has 0 aromatic carbocycles. The van der Waals surface area contributed by atoms with Crippen molar-refractivity contribution in [2.45, 2.75) is 20.3 Å². The Morgan fingerprint density at radius 3 is 2.50 bits per heavy atom. The highest BCUT2D eigenvalue weighted by Gasteiger charge is 1.96. The third-order valence-corrected chi connectivity index (χ3v) is 2.17. The fourth-order valence-electron chi connectivity index (χ4n) is 0.613. The molecule has 0 unspecified atom stereocenters. The second kappa shape index (κ2) is 5.54. The summed E-state index contributed by atoms with van der Waals surface area (Å²) in [6.07, 6.45) is 0.527. The van der Waals surface area contributed by atoms with Crippen LogP contribution in [0.1, 0.15) is 20.3 Å². The summed E-state index contributed by atoms with van der Waals surface area (Å²) < 4.78 is 11.8. The van der Waals surface area contributed by atoms with E-state index in [1.807, 2.05) is 13.8 Å². The minimum absolute atomic E-state index is 0.276. The van der Waals surface area contributed by atoms with Crippen LogP contribution in [0.5, 0.6) is 0 Å². The highest BCUT2D eigenvalue weighted by atomic mass is 32.2. The maximum Gasteiger partial charge on any atom is 0.0939 e. The first kappa shape index (κ1) is 9.76. The third kappa shape index (κ3) is 3.72. The fraction of sp³-hybridized carbons (Fsp3) is 0.500. The molecule has 0 saturated heterocycles. The molecule has 0 aromatic heterocycles. The first-order valence-corrected chi connectivity index (χ1v) is 4.10. The quantitative estimate of drug-likeness (QED) is 0.606. The Hall–Kier alpha value is -0.240. The average Bonchev–Trinajstić information content (AvgIpc) is 1.87. The Morgan fingerprint density at radius 1 is 1.60 bits per heavy atom. The Morgan fingerprint density at radius 2 is 2.20 bits per heavy atom. The number of hydrogen-bond acceptors (Lipinski definition) is 1. The molecule has 0 fully saturated rings. The summed E-state index contributed by atoms with van der Waals surface area (Å²) in [7, 11) is 0. The van der Waals surface area contributed by atoms with Gasteiger partial charge in [0.1, 0.15) is 0 Å². The summed E-state index contributed by atoms with van der Waals surface area (Å²) in [5, 5.41) is 1.73. The summed E-state index contributed by atoms with van der Waals surface area (Å²) in [6, 6.07) is 0. The van der Waals surface area contributed by atoms with E-state index < -0.39 is 0 Å². The second-order valence-corrected chi connectivity index (χ2v) is 3.21. The van der Waals surface area contributed by atoms with Crippen molar-refractivity contribution in [1.82, 2.24) is 0 Å². The molecule has 0 rings (SSSR count). The molecule has 10 heavy (non-hydrogen) atoms. The second-order valence-electron chi connectivity index (χ2n) is 2.15. The molecule has 2 heteroatoms. The van der Waals surface area contributed by atoms with E-state index in [4.69, 9.17) is 0 Å². The van der Waals surface area contributed by atoms with Crippen molar-refractivity contribution in [2.24, 2.45) is 0 Å². The molecule has 0 amide bonds. The molecule has 0 nitrogen and oxygen atoms in total. The molecule has 0 spiro atoms. The maximum absolute atomic E-state index is 11.8. The Labute approximate surface area is 66.2 Å². The summed E-state index contributed by atoms with van der Waals surface area (Å²) in [4.78, 5) is 1.09.